The van der Waals surface area contributed by atoms with Gasteiger partial charge in [-0.15, -0.1) is 11.3 Å². The van der Waals surface area contributed by atoms with Gasteiger partial charge in [-0.2, -0.15) is 0 Å². The Morgan fingerprint density at radius 3 is 2.80 bits per heavy atom. The molecule has 6 nitrogen and oxygen atoms in total. The molecule has 1 fully saturated rings. The van der Waals surface area contributed by atoms with E-state index in [0.29, 0.717) is 31.5 Å². The highest BCUT2D eigenvalue weighted by atomic mass is 32.1. The number of carbonyl (C=O) groups excluding carboxylic acids is 1. The van der Waals surface area contributed by atoms with Gasteiger partial charge in [-0.3, -0.25) is 9.59 Å². The van der Waals surface area contributed by atoms with Crippen LogP contribution in [0.5, 0.6) is 5.75 Å². The van der Waals surface area contributed by atoms with Crippen LogP contribution in [-0.4, -0.2) is 47.1 Å². The Bertz CT molecular complexity index is 757. The highest BCUT2D eigenvalue weighted by Gasteiger charge is 2.29. The van der Waals surface area contributed by atoms with Crippen LogP contribution >= 0.6 is 11.3 Å². The van der Waals surface area contributed by atoms with Crippen molar-refractivity contribution in [2.45, 2.75) is 19.3 Å². The molecule has 1 aromatic carbocycles. The second-order valence-corrected chi connectivity index (χ2v) is 7.02. The van der Waals surface area contributed by atoms with Crippen molar-refractivity contribution < 1.29 is 19.4 Å². The lowest BCUT2D eigenvalue weighted by Gasteiger charge is -2.30. The maximum atomic E-state index is 12.6. The number of piperidine rings is 1. The highest BCUT2D eigenvalue weighted by Crippen LogP contribution is 2.21. The van der Waals surface area contributed by atoms with Crippen LogP contribution in [0, 0.1) is 5.92 Å². The second kappa shape index (κ2) is 7.65. The molecule has 132 valence electrons. The van der Waals surface area contributed by atoms with Gasteiger partial charge in [0, 0.05) is 24.9 Å². The number of aliphatic carboxylic acids is 1. The van der Waals surface area contributed by atoms with E-state index < -0.39 is 11.9 Å². The monoisotopic (exact) mass is 360 g/mol. The minimum atomic E-state index is -0.837. The lowest BCUT2D eigenvalue weighted by Crippen LogP contribution is -2.42. The largest absolute Gasteiger partial charge is 0.497 e. The molecule has 7 heteroatoms. The van der Waals surface area contributed by atoms with Crippen molar-refractivity contribution in [3.63, 3.8) is 0 Å². The molecule has 1 aliphatic heterocycles. The molecule has 0 spiro atoms. The van der Waals surface area contributed by atoms with Crippen molar-refractivity contribution in [3.8, 4) is 5.75 Å². The normalized spacial score (nSPS) is 17.3. The zero-order valence-corrected chi connectivity index (χ0v) is 14.8. The minimum absolute atomic E-state index is 0.178. The summed E-state index contributed by atoms with van der Waals surface area (Å²) in [4.78, 5) is 29.8. The third-order valence-corrected chi connectivity index (χ3v) is 5.19. The third kappa shape index (κ3) is 4.17. The second-order valence-electron chi connectivity index (χ2n) is 6.08. The number of aromatic nitrogens is 1. The summed E-state index contributed by atoms with van der Waals surface area (Å²) in [6.07, 6.45) is 1.99. The average Bonchev–Trinajstić information content (AvgIpc) is 3.10. The Morgan fingerprint density at radius 1 is 1.36 bits per heavy atom. The number of methoxy groups -OCH3 is 1. The Morgan fingerprint density at radius 2 is 2.12 bits per heavy atom. The van der Waals surface area contributed by atoms with Gasteiger partial charge >= 0.3 is 5.97 Å². The third-order valence-electron chi connectivity index (χ3n) is 4.34. The number of carbonyl (C=O) groups is 2. The van der Waals surface area contributed by atoms with Crippen molar-refractivity contribution >= 4 is 23.2 Å². The molecule has 1 amide bonds. The molecule has 0 radical (unpaired) electrons. The molecule has 0 aliphatic carbocycles. The number of amides is 1. The summed E-state index contributed by atoms with van der Waals surface area (Å²) in [5, 5.41) is 11.8. The Kier molecular flexibility index (Phi) is 5.33. The minimum Gasteiger partial charge on any atom is -0.497 e. The number of hydrogen-bond donors (Lipinski definition) is 1. The van der Waals surface area contributed by atoms with Crippen molar-refractivity contribution in [1.82, 2.24) is 9.88 Å². The van der Waals surface area contributed by atoms with Crippen LogP contribution in [0.2, 0.25) is 0 Å². The first kappa shape index (κ1) is 17.4. The van der Waals surface area contributed by atoms with Crippen LogP contribution in [0.25, 0.3) is 0 Å². The van der Waals surface area contributed by atoms with Crippen LogP contribution in [0.4, 0.5) is 0 Å². The zero-order valence-electron chi connectivity index (χ0n) is 14.0. The number of carboxylic acid groups (broad SMARTS) is 1. The molecule has 1 N–H and O–H groups in total. The highest BCUT2D eigenvalue weighted by molar-refractivity contribution is 7.09. The summed E-state index contributed by atoms with van der Waals surface area (Å²) in [5.74, 6) is -0.689. The van der Waals surface area contributed by atoms with E-state index in [4.69, 9.17) is 9.84 Å². The summed E-state index contributed by atoms with van der Waals surface area (Å²) >= 11 is 1.45. The van der Waals surface area contributed by atoms with Crippen LogP contribution in [-0.2, 0) is 11.2 Å². The van der Waals surface area contributed by atoms with Gasteiger partial charge in [0.15, 0.2) is 0 Å². The fourth-order valence-electron chi connectivity index (χ4n) is 2.93. The number of benzene rings is 1. The first-order chi connectivity index (χ1) is 12.1. The molecule has 1 aliphatic rings. The predicted octanol–water partition coefficient (Wildman–Crippen LogP) is 2.68. The van der Waals surface area contributed by atoms with Gasteiger partial charge in [-0.05, 0) is 30.5 Å². The number of thiazole rings is 1. The van der Waals surface area contributed by atoms with Gasteiger partial charge in [0.05, 0.1) is 18.0 Å². The van der Waals surface area contributed by atoms with Crippen molar-refractivity contribution in [2.24, 2.45) is 5.92 Å². The molecule has 3 rings (SSSR count). The Balaban J connectivity index is 1.65. The molecule has 0 bridgehead atoms. The van der Waals surface area contributed by atoms with Gasteiger partial charge in [-0.25, -0.2) is 4.98 Å². The lowest BCUT2D eigenvalue weighted by atomic mass is 9.98. The summed E-state index contributed by atoms with van der Waals surface area (Å²) in [7, 11) is 1.63. The van der Waals surface area contributed by atoms with E-state index in [9.17, 15) is 9.59 Å². The fourth-order valence-corrected chi connectivity index (χ4v) is 3.74. The standard InChI is InChI=1S/C18H20N2O4S/c1-24-14-6-4-12(5-7-14)9-16-19-15(11-25-16)17(21)20-8-2-3-13(10-20)18(22)23/h4-7,11,13H,2-3,8-10H2,1H3,(H,22,23). The van der Waals surface area contributed by atoms with Crippen LogP contribution in [0.1, 0.15) is 33.9 Å². The summed E-state index contributed by atoms with van der Waals surface area (Å²) in [6.45, 7) is 0.855. The molecule has 0 saturated carbocycles. The topological polar surface area (TPSA) is 79.7 Å². The summed E-state index contributed by atoms with van der Waals surface area (Å²) in [6, 6.07) is 7.75. The average molecular weight is 360 g/mol. The number of carboxylic acids is 1. The molecule has 1 saturated heterocycles. The van der Waals surface area contributed by atoms with E-state index in [2.05, 4.69) is 4.98 Å². The van der Waals surface area contributed by atoms with Crippen molar-refractivity contribution in [3.05, 3.63) is 45.9 Å². The fraction of sp³-hybridized carbons (Fsp3) is 0.389. The maximum Gasteiger partial charge on any atom is 0.308 e. The van der Waals surface area contributed by atoms with Crippen LogP contribution in [0.15, 0.2) is 29.6 Å². The zero-order chi connectivity index (χ0) is 17.8. The van der Waals surface area contributed by atoms with E-state index in [1.165, 1.54) is 11.3 Å². The first-order valence-corrected chi connectivity index (χ1v) is 9.04. The smallest absolute Gasteiger partial charge is 0.308 e. The molecule has 25 heavy (non-hydrogen) atoms. The number of rotatable bonds is 5. The van der Waals surface area contributed by atoms with E-state index in [-0.39, 0.29) is 12.5 Å². The van der Waals surface area contributed by atoms with E-state index in [1.807, 2.05) is 24.3 Å². The molecule has 1 aromatic heterocycles. The van der Waals surface area contributed by atoms with Gasteiger partial charge in [0.2, 0.25) is 0 Å². The molecule has 2 aromatic rings. The quantitative estimate of drug-likeness (QED) is 0.887. The SMILES string of the molecule is COc1ccc(Cc2nc(C(=O)N3CCCC(C(=O)O)C3)cs2)cc1. The molecule has 1 unspecified atom stereocenters. The van der Waals surface area contributed by atoms with Crippen molar-refractivity contribution in [2.75, 3.05) is 20.2 Å². The van der Waals surface area contributed by atoms with E-state index in [0.717, 1.165) is 16.3 Å². The number of nitrogens with zero attached hydrogens (tertiary/aromatic N) is 2. The predicted molar refractivity (Wildman–Crippen MR) is 94.2 cm³/mol. The van der Waals surface area contributed by atoms with Gasteiger partial charge < -0.3 is 14.7 Å². The number of ether oxygens (including phenoxy) is 1. The summed E-state index contributed by atoms with van der Waals surface area (Å²) in [5.41, 5.74) is 1.50. The van der Waals surface area contributed by atoms with Crippen molar-refractivity contribution in [1.29, 1.82) is 0 Å². The van der Waals surface area contributed by atoms with E-state index in [1.54, 1.807) is 17.4 Å². The molecular formula is C18H20N2O4S. The molecule has 2 heterocycles. The Labute approximate surface area is 150 Å². The lowest BCUT2D eigenvalue weighted by molar-refractivity contribution is -0.143. The Hall–Kier alpha value is -2.41. The van der Waals surface area contributed by atoms with E-state index >= 15 is 0 Å². The van der Waals surface area contributed by atoms with Gasteiger partial charge in [0.1, 0.15) is 11.4 Å². The number of likely N-dealkylation sites (tertiary alicyclic amines) is 1. The molecular weight excluding hydrogens is 340 g/mol. The maximum absolute atomic E-state index is 12.6. The molecule has 1 atom stereocenters. The first-order valence-electron chi connectivity index (χ1n) is 8.16. The van der Waals surface area contributed by atoms with Gasteiger partial charge in [0.25, 0.3) is 5.91 Å². The van der Waals surface area contributed by atoms with Crippen LogP contribution in [0.3, 0.4) is 0 Å². The summed E-state index contributed by atoms with van der Waals surface area (Å²) < 4.78 is 5.14. The van der Waals surface area contributed by atoms with Gasteiger partial charge in [-0.1, -0.05) is 12.1 Å². The van der Waals surface area contributed by atoms with Crippen LogP contribution < -0.4 is 4.74 Å². The number of hydrogen-bond acceptors (Lipinski definition) is 5.